The van der Waals surface area contributed by atoms with Gasteiger partial charge in [-0.1, -0.05) is 22.9 Å². The number of nitro groups is 1. The predicted octanol–water partition coefficient (Wildman–Crippen LogP) is 1.27. The lowest BCUT2D eigenvalue weighted by Crippen LogP contribution is -2.48. The highest BCUT2D eigenvalue weighted by atomic mass is 79.9. The lowest BCUT2D eigenvalue weighted by Gasteiger charge is -2.33. The lowest BCUT2D eigenvalue weighted by molar-refractivity contribution is -0.385. The van der Waals surface area contributed by atoms with Gasteiger partial charge >= 0.3 is 0 Å². The van der Waals surface area contributed by atoms with Gasteiger partial charge in [-0.2, -0.15) is 0 Å². The first-order valence-electron chi connectivity index (χ1n) is 7.71. The third-order valence-corrected chi connectivity index (χ3v) is 5.91. The highest BCUT2D eigenvalue weighted by Crippen LogP contribution is 2.24. The van der Waals surface area contributed by atoms with Crippen LogP contribution >= 0.6 is 15.9 Å². The monoisotopic (exact) mass is 420 g/mol. The van der Waals surface area contributed by atoms with Crippen molar-refractivity contribution in [3.05, 3.63) is 32.8 Å². The van der Waals surface area contributed by atoms with Crippen LogP contribution in [0.25, 0.3) is 0 Å². The van der Waals surface area contributed by atoms with E-state index in [0.717, 1.165) is 38.8 Å². The summed E-state index contributed by atoms with van der Waals surface area (Å²) in [6, 6.07) is 3.69. The molecule has 1 aliphatic heterocycles. The summed E-state index contributed by atoms with van der Waals surface area (Å²) in [6.45, 7) is 7.85. The minimum atomic E-state index is -3.78. The third-order valence-electron chi connectivity index (χ3n) is 4.01. The fourth-order valence-electron chi connectivity index (χ4n) is 2.56. The van der Waals surface area contributed by atoms with Gasteiger partial charge in [0.1, 0.15) is 0 Å². The molecule has 1 aromatic carbocycles. The number of nitrogens with zero attached hydrogens (tertiary/aromatic N) is 3. The maximum atomic E-state index is 12.3. The van der Waals surface area contributed by atoms with Crippen LogP contribution in [0.1, 0.15) is 6.92 Å². The molecule has 1 aromatic rings. The molecule has 0 aromatic heterocycles. The smallest absolute Gasteiger partial charge is 0.271 e. The van der Waals surface area contributed by atoms with Gasteiger partial charge in [0.25, 0.3) is 5.69 Å². The molecule has 8 nitrogen and oxygen atoms in total. The van der Waals surface area contributed by atoms with Crippen LogP contribution in [0.15, 0.2) is 27.6 Å². The quantitative estimate of drug-likeness (QED) is 0.526. The number of sulfonamides is 1. The molecule has 0 atom stereocenters. The first-order valence-corrected chi connectivity index (χ1v) is 9.99. The Morgan fingerprint density at radius 3 is 2.42 bits per heavy atom. The molecule has 0 spiro atoms. The Labute approximate surface area is 150 Å². The summed E-state index contributed by atoms with van der Waals surface area (Å²) in [5.41, 5.74) is -0.263. The molecule has 1 saturated heterocycles. The molecule has 0 saturated carbocycles. The van der Waals surface area contributed by atoms with Crippen LogP contribution in [0.4, 0.5) is 5.69 Å². The largest absolute Gasteiger partial charge is 0.301 e. The summed E-state index contributed by atoms with van der Waals surface area (Å²) >= 11 is 3.11. The first-order chi connectivity index (χ1) is 11.3. The fraction of sp³-hybridized carbons (Fsp3) is 0.571. The predicted molar refractivity (Wildman–Crippen MR) is 94.5 cm³/mol. The van der Waals surface area contributed by atoms with E-state index in [9.17, 15) is 18.5 Å². The Bertz CT molecular complexity index is 690. The van der Waals surface area contributed by atoms with Gasteiger partial charge in [-0.3, -0.25) is 15.0 Å². The van der Waals surface area contributed by atoms with Crippen molar-refractivity contribution in [1.29, 1.82) is 0 Å². The first kappa shape index (κ1) is 19.3. The van der Waals surface area contributed by atoms with Gasteiger partial charge in [0, 0.05) is 55.9 Å². The summed E-state index contributed by atoms with van der Waals surface area (Å²) in [6.07, 6.45) is 0. The molecule has 10 heteroatoms. The molecule has 0 aliphatic carbocycles. The Hall–Kier alpha value is -1.07. The molecule has 1 N–H and O–H groups in total. The van der Waals surface area contributed by atoms with E-state index in [1.807, 2.05) is 0 Å². The molecule has 1 aliphatic rings. The van der Waals surface area contributed by atoms with Gasteiger partial charge in [0.05, 0.1) is 9.82 Å². The number of halogens is 1. The number of piperazine rings is 1. The van der Waals surface area contributed by atoms with Crippen molar-refractivity contribution in [2.75, 3.05) is 45.8 Å². The Morgan fingerprint density at radius 1 is 1.21 bits per heavy atom. The number of rotatable bonds is 7. The molecule has 2 rings (SSSR count). The topological polar surface area (TPSA) is 95.8 Å². The maximum Gasteiger partial charge on any atom is 0.271 e. The highest BCUT2D eigenvalue weighted by Gasteiger charge is 2.20. The van der Waals surface area contributed by atoms with E-state index >= 15 is 0 Å². The van der Waals surface area contributed by atoms with Crippen molar-refractivity contribution < 1.29 is 13.3 Å². The van der Waals surface area contributed by atoms with E-state index < -0.39 is 14.9 Å². The van der Waals surface area contributed by atoms with E-state index in [0.29, 0.717) is 11.0 Å². The normalized spacial score (nSPS) is 17.1. The van der Waals surface area contributed by atoms with Gasteiger partial charge in [-0.25, -0.2) is 13.1 Å². The Kier molecular flexibility index (Phi) is 6.70. The van der Waals surface area contributed by atoms with Gasteiger partial charge in [0.2, 0.25) is 10.0 Å². The van der Waals surface area contributed by atoms with Crippen LogP contribution in [-0.2, 0) is 10.0 Å². The van der Waals surface area contributed by atoms with E-state index in [2.05, 4.69) is 37.4 Å². The molecular formula is C14H21BrN4O4S. The Morgan fingerprint density at radius 2 is 1.83 bits per heavy atom. The van der Waals surface area contributed by atoms with Gasteiger partial charge in [-0.15, -0.1) is 0 Å². The average molecular weight is 421 g/mol. The molecule has 24 heavy (non-hydrogen) atoms. The summed E-state index contributed by atoms with van der Waals surface area (Å²) < 4.78 is 27.5. The lowest BCUT2D eigenvalue weighted by atomic mass is 10.3. The molecule has 1 heterocycles. The van der Waals surface area contributed by atoms with Crippen molar-refractivity contribution in [3.63, 3.8) is 0 Å². The van der Waals surface area contributed by atoms with E-state index in [1.165, 1.54) is 12.1 Å². The van der Waals surface area contributed by atoms with Gasteiger partial charge < -0.3 is 4.90 Å². The molecule has 0 radical (unpaired) electrons. The molecule has 0 bridgehead atoms. The number of hydrogen-bond acceptors (Lipinski definition) is 6. The number of nitrogens with one attached hydrogen (secondary N) is 1. The van der Waals surface area contributed by atoms with Gasteiger partial charge in [0.15, 0.2) is 0 Å². The summed E-state index contributed by atoms with van der Waals surface area (Å²) in [5.74, 6) is 0. The van der Waals surface area contributed by atoms with Crippen molar-refractivity contribution in [2.45, 2.75) is 11.8 Å². The molecule has 134 valence electrons. The van der Waals surface area contributed by atoms with Crippen LogP contribution in [0.5, 0.6) is 0 Å². The zero-order valence-electron chi connectivity index (χ0n) is 13.4. The van der Waals surface area contributed by atoms with Crippen molar-refractivity contribution >= 4 is 31.6 Å². The summed E-state index contributed by atoms with van der Waals surface area (Å²) in [7, 11) is -3.78. The molecule has 1 fully saturated rings. The van der Waals surface area contributed by atoms with Crippen molar-refractivity contribution in [2.24, 2.45) is 0 Å². The second kappa shape index (κ2) is 8.34. The highest BCUT2D eigenvalue weighted by molar-refractivity contribution is 9.10. The number of likely N-dealkylation sites (N-methyl/N-ethyl adjacent to an activating group) is 1. The average Bonchev–Trinajstić information content (AvgIpc) is 2.54. The minimum Gasteiger partial charge on any atom is -0.301 e. The second-order valence-corrected chi connectivity index (χ2v) is 8.26. The summed E-state index contributed by atoms with van der Waals surface area (Å²) in [5, 5.41) is 10.9. The van der Waals surface area contributed by atoms with Crippen LogP contribution in [0.3, 0.4) is 0 Å². The molecule has 0 amide bonds. The number of non-ortho nitro benzene ring substituents is 1. The minimum absolute atomic E-state index is 0.112. The van der Waals surface area contributed by atoms with E-state index in [1.54, 1.807) is 0 Å². The van der Waals surface area contributed by atoms with E-state index in [-0.39, 0.29) is 17.1 Å². The zero-order chi connectivity index (χ0) is 17.7. The number of benzene rings is 1. The van der Waals surface area contributed by atoms with Crippen molar-refractivity contribution in [1.82, 2.24) is 14.5 Å². The molecular weight excluding hydrogens is 400 g/mol. The third kappa shape index (κ3) is 5.21. The van der Waals surface area contributed by atoms with Crippen LogP contribution in [0.2, 0.25) is 0 Å². The SMILES string of the molecule is CCN1CCN(CCNS(=O)(=O)c2cc(Br)cc([N+](=O)[O-])c2)CC1. The number of nitro benzene ring substituents is 1. The standard InChI is InChI=1S/C14H21BrN4O4S/c1-2-17-5-7-18(8-6-17)4-3-16-24(22,23)14-10-12(15)9-13(11-14)19(20)21/h9-11,16H,2-8H2,1H3. The summed E-state index contributed by atoms with van der Waals surface area (Å²) in [4.78, 5) is 14.7. The molecule has 0 unspecified atom stereocenters. The fourth-order valence-corrected chi connectivity index (χ4v) is 4.28. The maximum absolute atomic E-state index is 12.3. The van der Waals surface area contributed by atoms with Crippen LogP contribution in [0, 0.1) is 10.1 Å². The number of hydrogen-bond donors (Lipinski definition) is 1. The van der Waals surface area contributed by atoms with Crippen molar-refractivity contribution in [3.8, 4) is 0 Å². The Balaban J connectivity index is 1.93. The van der Waals surface area contributed by atoms with Crippen LogP contribution < -0.4 is 4.72 Å². The zero-order valence-corrected chi connectivity index (χ0v) is 15.8. The van der Waals surface area contributed by atoms with E-state index in [4.69, 9.17) is 0 Å². The second-order valence-electron chi connectivity index (χ2n) is 5.58. The van der Waals surface area contributed by atoms with Crippen LogP contribution in [-0.4, -0.2) is 69.0 Å². The van der Waals surface area contributed by atoms with Gasteiger partial charge in [-0.05, 0) is 12.6 Å².